The van der Waals surface area contributed by atoms with E-state index in [4.69, 9.17) is 15.7 Å². The van der Waals surface area contributed by atoms with Crippen molar-refractivity contribution in [3.05, 3.63) is 29.3 Å². The Kier molecular flexibility index (Phi) is 4.12. The molecule has 1 amide bonds. The molecule has 0 saturated carbocycles. The minimum Gasteiger partial charge on any atom is -0.504 e. The fourth-order valence-electron chi connectivity index (χ4n) is 1.28. The molecule has 3 N–H and O–H groups in total. The molecule has 0 atom stereocenters. The van der Waals surface area contributed by atoms with E-state index in [-0.39, 0.29) is 17.9 Å². The number of hydrogen-bond donors (Lipinski definition) is 2. The number of hydrogen-bond acceptors (Lipinski definition) is 4. The lowest BCUT2D eigenvalue weighted by atomic mass is 10.1. The average molecular weight is 232 g/mol. The van der Waals surface area contributed by atoms with Gasteiger partial charge in [0.05, 0.1) is 18.7 Å². The average Bonchev–Trinajstić information content (AvgIpc) is 2.31. The maximum Gasteiger partial charge on any atom is 0.221 e. The monoisotopic (exact) mass is 232 g/mol. The van der Waals surface area contributed by atoms with Crippen molar-refractivity contribution in [2.75, 3.05) is 7.11 Å². The summed E-state index contributed by atoms with van der Waals surface area (Å²) < 4.78 is 4.93. The molecule has 0 fully saturated rings. The minimum atomic E-state index is -0.468. The first-order chi connectivity index (χ1) is 8.08. The van der Waals surface area contributed by atoms with Gasteiger partial charge in [-0.25, -0.2) is 0 Å². The van der Waals surface area contributed by atoms with E-state index in [9.17, 15) is 9.90 Å². The number of nitrogens with zero attached hydrogens (tertiary/aromatic N) is 1. The van der Waals surface area contributed by atoms with Crippen molar-refractivity contribution in [1.82, 2.24) is 0 Å². The molecule has 88 valence electrons. The van der Waals surface area contributed by atoms with E-state index < -0.39 is 5.91 Å². The summed E-state index contributed by atoms with van der Waals surface area (Å²) in [4.78, 5) is 10.6. The lowest BCUT2D eigenvalue weighted by molar-refractivity contribution is -0.117. The summed E-state index contributed by atoms with van der Waals surface area (Å²) in [5, 5.41) is 18.6. The summed E-state index contributed by atoms with van der Waals surface area (Å²) in [6, 6.07) is 4.88. The molecule has 0 aromatic heterocycles. The number of rotatable bonds is 4. The Morgan fingerprint density at radius 1 is 1.65 bits per heavy atom. The molecular weight excluding hydrogens is 220 g/mol. The molecule has 1 rings (SSSR count). The van der Waals surface area contributed by atoms with Gasteiger partial charge in [-0.15, -0.1) is 0 Å². The third-order valence-corrected chi connectivity index (χ3v) is 2.07. The Morgan fingerprint density at radius 2 is 2.35 bits per heavy atom. The second kappa shape index (κ2) is 5.56. The smallest absolute Gasteiger partial charge is 0.221 e. The zero-order valence-electron chi connectivity index (χ0n) is 9.30. The molecule has 0 saturated heterocycles. The SMILES string of the molecule is COc1cc(C#N)cc(C=CCC(N)=O)c1O. The number of phenols is 1. The fraction of sp³-hybridized carbons (Fsp3) is 0.167. The predicted molar refractivity (Wildman–Crippen MR) is 62.2 cm³/mol. The summed E-state index contributed by atoms with van der Waals surface area (Å²) in [6.07, 6.45) is 3.10. The molecule has 1 aromatic rings. The van der Waals surface area contributed by atoms with Crippen LogP contribution in [0.1, 0.15) is 17.5 Å². The van der Waals surface area contributed by atoms with E-state index in [0.29, 0.717) is 11.1 Å². The lowest BCUT2D eigenvalue weighted by Crippen LogP contribution is -2.07. The Labute approximate surface area is 98.7 Å². The molecular formula is C12H12N2O3. The summed E-state index contributed by atoms with van der Waals surface area (Å²) in [7, 11) is 1.40. The highest BCUT2D eigenvalue weighted by atomic mass is 16.5. The summed E-state index contributed by atoms with van der Waals surface area (Å²) >= 11 is 0. The van der Waals surface area contributed by atoms with Crippen molar-refractivity contribution >= 4 is 12.0 Å². The molecule has 0 radical (unpaired) electrons. The first-order valence-electron chi connectivity index (χ1n) is 4.84. The molecule has 0 aliphatic heterocycles. The maximum absolute atomic E-state index is 10.6. The number of carbonyl (C=O) groups excluding carboxylic acids is 1. The van der Waals surface area contributed by atoms with Crippen LogP contribution < -0.4 is 10.5 Å². The van der Waals surface area contributed by atoms with Gasteiger partial charge in [-0.05, 0) is 6.07 Å². The maximum atomic E-state index is 10.6. The third-order valence-electron chi connectivity index (χ3n) is 2.07. The normalized spacial score (nSPS) is 10.1. The number of aromatic hydroxyl groups is 1. The Balaban J connectivity index is 3.10. The van der Waals surface area contributed by atoms with Crippen molar-refractivity contribution in [2.24, 2.45) is 5.73 Å². The van der Waals surface area contributed by atoms with Crippen LogP contribution in [0.15, 0.2) is 18.2 Å². The summed E-state index contributed by atoms with van der Waals surface area (Å²) in [5.74, 6) is -0.334. The number of phenolic OH excluding ortho intramolecular Hbond substituents is 1. The Morgan fingerprint density at radius 3 is 2.88 bits per heavy atom. The van der Waals surface area contributed by atoms with Crippen LogP contribution in [0.4, 0.5) is 0 Å². The molecule has 17 heavy (non-hydrogen) atoms. The van der Waals surface area contributed by atoms with Crippen molar-refractivity contribution in [2.45, 2.75) is 6.42 Å². The van der Waals surface area contributed by atoms with Gasteiger partial charge in [-0.2, -0.15) is 5.26 Å². The van der Waals surface area contributed by atoms with E-state index in [1.54, 1.807) is 0 Å². The molecule has 0 aliphatic carbocycles. The van der Waals surface area contributed by atoms with Crippen LogP contribution in [0.5, 0.6) is 11.5 Å². The zero-order valence-corrected chi connectivity index (χ0v) is 9.30. The third kappa shape index (κ3) is 3.24. The van der Waals surface area contributed by atoms with Gasteiger partial charge < -0.3 is 15.6 Å². The van der Waals surface area contributed by atoms with Gasteiger partial charge in [0.2, 0.25) is 5.91 Å². The minimum absolute atomic E-state index is 0.0680. The van der Waals surface area contributed by atoms with Crippen LogP contribution in [0, 0.1) is 11.3 Å². The van der Waals surface area contributed by atoms with Crippen LogP contribution in [0.2, 0.25) is 0 Å². The number of carbonyl (C=O) groups is 1. The topological polar surface area (TPSA) is 96.3 Å². The number of nitriles is 1. The Hall–Kier alpha value is -2.48. The molecule has 0 bridgehead atoms. The lowest BCUT2D eigenvalue weighted by Gasteiger charge is -2.06. The zero-order chi connectivity index (χ0) is 12.8. The number of amides is 1. The second-order valence-electron chi connectivity index (χ2n) is 3.30. The van der Waals surface area contributed by atoms with Crippen molar-refractivity contribution < 1.29 is 14.6 Å². The highest BCUT2D eigenvalue weighted by molar-refractivity contribution is 5.77. The van der Waals surface area contributed by atoms with Gasteiger partial charge in [-0.1, -0.05) is 12.2 Å². The van der Waals surface area contributed by atoms with Crippen molar-refractivity contribution in [3.8, 4) is 17.6 Å². The van der Waals surface area contributed by atoms with Crippen LogP contribution in [0.25, 0.3) is 6.08 Å². The van der Waals surface area contributed by atoms with E-state index in [2.05, 4.69) is 0 Å². The number of primary amides is 1. The number of benzene rings is 1. The molecule has 0 aliphatic rings. The van der Waals surface area contributed by atoms with E-state index in [0.717, 1.165) is 0 Å². The molecule has 0 spiro atoms. The molecule has 5 heteroatoms. The van der Waals surface area contributed by atoms with Gasteiger partial charge in [0, 0.05) is 18.1 Å². The first kappa shape index (κ1) is 12.6. The summed E-state index contributed by atoms with van der Waals surface area (Å²) in [5.41, 5.74) is 5.74. The number of methoxy groups -OCH3 is 1. The fourth-order valence-corrected chi connectivity index (χ4v) is 1.28. The Bertz CT molecular complexity index is 501. The first-order valence-corrected chi connectivity index (χ1v) is 4.84. The van der Waals surface area contributed by atoms with Crippen molar-refractivity contribution in [3.63, 3.8) is 0 Å². The van der Waals surface area contributed by atoms with Gasteiger partial charge in [-0.3, -0.25) is 4.79 Å². The molecule has 0 heterocycles. The second-order valence-corrected chi connectivity index (χ2v) is 3.30. The standard InChI is InChI=1S/C12H12N2O3/c1-17-10-6-8(7-13)5-9(12(10)16)3-2-4-11(14)15/h2-3,5-6,16H,4H2,1H3,(H2,14,15). The largest absolute Gasteiger partial charge is 0.504 e. The van der Waals surface area contributed by atoms with Crippen LogP contribution >= 0.6 is 0 Å². The highest BCUT2D eigenvalue weighted by Gasteiger charge is 2.08. The van der Waals surface area contributed by atoms with Gasteiger partial charge in [0.15, 0.2) is 11.5 Å². The molecule has 1 aromatic carbocycles. The molecule has 5 nitrogen and oxygen atoms in total. The van der Waals surface area contributed by atoms with Crippen LogP contribution in [-0.4, -0.2) is 18.1 Å². The van der Waals surface area contributed by atoms with E-state index in [1.807, 2.05) is 6.07 Å². The number of ether oxygens (including phenoxy) is 1. The van der Waals surface area contributed by atoms with E-state index in [1.165, 1.54) is 31.4 Å². The predicted octanol–water partition coefficient (Wildman–Crippen LogP) is 1.16. The highest BCUT2D eigenvalue weighted by Crippen LogP contribution is 2.32. The quantitative estimate of drug-likeness (QED) is 0.814. The van der Waals surface area contributed by atoms with E-state index >= 15 is 0 Å². The van der Waals surface area contributed by atoms with Crippen LogP contribution in [-0.2, 0) is 4.79 Å². The summed E-state index contributed by atoms with van der Waals surface area (Å²) in [6.45, 7) is 0. The van der Waals surface area contributed by atoms with Gasteiger partial charge in [0.1, 0.15) is 0 Å². The van der Waals surface area contributed by atoms with Gasteiger partial charge in [0.25, 0.3) is 0 Å². The van der Waals surface area contributed by atoms with Gasteiger partial charge >= 0.3 is 0 Å². The van der Waals surface area contributed by atoms with Crippen molar-refractivity contribution in [1.29, 1.82) is 5.26 Å². The van der Waals surface area contributed by atoms with Crippen LogP contribution in [0.3, 0.4) is 0 Å². The number of nitrogens with two attached hydrogens (primary N) is 1. The molecule has 0 unspecified atom stereocenters.